The molecule has 5 heteroatoms. The lowest BCUT2D eigenvalue weighted by Crippen LogP contribution is -2.57. The third-order valence-corrected chi connectivity index (χ3v) is 3.66. The molecule has 4 nitrogen and oxygen atoms in total. The van der Waals surface area contributed by atoms with E-state index < -0.39 is 11.6 Å². The van der Waals surface area contributed by atoms with Gasteiger partial charge in [0.1, 0.15) is 12.4 Å². The summed E-state index contributed by atoms with van der Waals surface area (Å²) in [7, 11) is 0. The van der Waals surface area contributed by atoms with E-state index in [1.54, 1.807) is 18.2 Å². The highest BCUT2D eigenvalue weighted by Gasteiger charge is 2.49. The summed E-state index contributed by atoms with van der Waals surface area (Å²) in [6.45, 7) is 1.90. The summed E-state index contributed by atoms with van der Waals surface area (Å²) in [6.07, 6.45) is 1.34. The molecule has 1 atom stereocenters. The van der Waals surface area contributed by atoms with Crippen LogP contribution in [0, 0.1) is 5.82 Å². The number of amides is 1. The van der Waals surface area contributed by atoms with Crippen molar-refractivity contribution >= 4 is 11.8 Å². The molecule has 2 aliphatic rings. The second kappa shape index (κ2) is 4.24. The molecule has 96 valence electrons. The maximum absolute atomic E-state index is 13.9. The number of anilines is 1. The molecule has 1 unspecified atom stereocenters. The van der Waals surface area contributed by atoms with Gasteiger partial charge in [0, 0.05) is 6.54 Å². The van der Waals surface area contributed by atoms with E-state index in [9.17, 15) is 9.18 Å². The summed E-state index contributed by atoms with van der Waals surface area (Å²) in [5, 5.41) is 3.26. The molecule has 1 spiro atoms. The maximum atomic E-state index is 13.9. The Morgan fingerprint density at radius 2 is 2.22 bits per heavy atom. The van der Waals surface area contributed by atoms with E-state index in [1.165, 1.54) is 11.0 Å². The summed E-state index contributed by atoms with van der Waals surface area (Å²) in [4.78, 5) is 13.4. The molecular formula is C13H15FN2O2. The number of nitrogens with zero attached hydrogens (tertiary/aromatic N) is 1. The Hall–Kier alpha value is -1.62. The minimum absolute atomic E-state index is 0.309. The molecule has 0 radical (unpaired) electrons. The van der Waals surface area contributed by atoms with Crippen LogP contribution in [0.25, 0.3) is 0 Å². The second-order valence-corrected chi connectivity index (χ2v) is 4.85. The van der Waals surface area contributed by atoms with Gasteiger partial charge < -0.3 is 10.1 Å². The van der Waals surface area contributed by atoms with Crippen molar-refractivity contribution in [2.45, 2.75) is 18.4 Å². The molecule has 1 aromatic rings. The zero-order valence-electron chi connectivity index (χ0n) is 9.99. The number of ether oxygens (including phenoxy) is 1. The predicted octanol–water partition coefficient (Wildman–Crippen LogP) is 1.90. The second-order valence-electron chi connectivity index (χ2n) is 4.85. The maximum Gasteiger partial charge on any atom is 0.415 e. The fourth-order valence-corrected chi connectivity index (χ4v) is 2.77. The van der Waals surface area contributed by atoms with Crippen LogP contribution in [0.5, 0.6) is 0 Å². The number of hydrogen-bond donors (Lipinski definition) is 1. The monoisotopic (exact) mass is 250 g/mol. The zero-order valence-corrected chi connectivity index (χ0v) is 9.99. The number of piperidine rings is 1. The van der Waals surface area contributed by atoms with Crippen LogP contribution in [0.15, 0.2) is 24.3 Å². The van der Waals surface area contributed by atoms with Crippen molar-refractivity contribution in [1.82, 2.24) is 5.32 Å². The molecule has 0 aliphatic carbocycles. The highest BCUT2D eigenvalue weighted by Crippen LogP contribution is 2.36. The lowest BCUT2D eigenvalue weighted by molar-refractivity contribution is 0.167. The predicted molar refractivity (Wildman–Crippen MR) is 65.1 cm³/mol. The standard InChI is InChI=1S/C13H15FN2O2/c14-10-4-1-2-5-11(10)16-12(17)18-9-13(16)6-3-7-15-8-13/h1-2,4-5,15H,3,6-9H2. The molecule has 0 aromatic heterocycles. The van der Waals surface area contributed by atoms with Crippen molar-refractivity contribution in [3.8, 4) is 0 Å². The van der Waals surface area contributed by atoms with Gasteiger partial charge in [-0.1, -0.05) is 12.1 Å². The van der Waals surface area contributed by atoms with E-state index in [0.29, 0.717) is 18.8 Å². The van der Waals surface area contributed by atoms with Gasteiger partial charge in [-0.05, 0) is 31.5 Å². The quantitative estimate of drug-likeness (QED) is 0.827. The molecule has 18 heavy (non-hydrogen) atoms. The van der Waals surface area contributed by atoms with Gasteiger partial charge in [-0.3, -0.25) is 4.90 Å². The number of nitrogens with one attached hydrogen (secondary N) is 1. The molecule has 2 heterocycles. The lowest BCUT2D eigenvalue weighted by Gasteiger charge is -2.38. The van der Waals surface area contributed by atoms with Crippen LogP contribution >= 0.6 is 0 Å². The minimum atomic E-state index is -0.455. The first-order chi connectivity index (χ1) is 8.73. The normalized spacial score (nSPS) is 27.6. The number of rotatable bonds is 1. The van der Waals surface area contributed by atoms with Crippen LogP contribution in [0.2, 0.25) is 0 Å². The largest absolute Gasteiger partial charge is 0.447 e. The molecular weight excluding hydrogens is 235 g/mol. The van der Waals surface area contributed by atoms with Crippen LogP contribution < -0.4 is 10.2 Å². The van der Waals surface area contributed by atoms with Gasteiger partial charge in [-0.2, -0.15) is 0 Å². The Labute approximate surface area is 105 Å². The summed E-state index contributed by atoms with van der Waals surface area (Å²) in [6, 6.07) is 6.34. The molecule has 0 saturated carbocycles. The minimum Gasteiger partial charge on any atom is -0.447 e. The van der Waals surface area contributed by atoms with Gasteiger partial charge in [0.15, 0.2) is 0 Å². The smallest absolute Gasteiger partial charge is 0.415 e. The molecule has 1 N–H and O–H groups in total. The zero-order chi connectivity index (χ0) is 12.6. The van der Waals surface area contributed by atoms with Gasteiger partial charge in [0.05, 0.1) is 11.2 Å². The van der Waals surface area contributed by atoms with Gasteiger partial charge >= 0.3 is 6.09 Å². The molecule has 2 aliphatic heterocycles. The summed E-state index contributed by atoms with van der Waals surface area (Å²) in [5.41, 5.74) is -0.124. The first-order valence-electron chi connectivity index (χ1n) is 6.15. The number of hydrogen-bond acceptors (Lipinski definition) is 3. The molecule has 0 bridgehead atoms. The average Bonchev–Trinajstić information content (AvgIpc) is 2.69. The first-order valence-corrected chi connectivity index (χ1v) is 6.15. The fraction of sp³-hybridized carbons (Fsp3) is 0.462. The molecule has 3 rings (SSSR count). The van der Waals surface area contributed by atoms with Crippen molar-refractivity contribution in [3.05, 3.63) is 30.1 Å². The number of cyclic esters (lactones) is 1. The van der Waals surface area contributed by atoms with Crippen LogP contribution in [-0.4, -0.2) is 31.3 Å². The summed E-state index contributed by atoms with van der Waals surface area (Å²) < 4.78 is 19.0. The Kier molecular flexibility index (Phi) is 2.70. The Bertz CT molecular complexity index is 472. The Balaban J connectivity index is 2.02. The van der Waals surface area contributed by atoms with E-state index in [-0.39, 0.29) is 5.82 Å². The topological polar surface area (TPSA) is 41.6 Å². The van der Waals surface area contributed by atoms with Gasteiger partial charge in [0.25, 0.3) is 0 Å². The number of para-hydroxylation sites is 1. The SMILES string of the molecule is O=C1OCC2(CCCNC2)N1c1ccccc1F. The third-order valence-electron chi connectivity index (χ3n) is 3.66. The van der Waals surface area contributed by atoms with Crippen molar-refractivity contribution in [1.29, 1.82) is 0 Å². The van der Waals surface area contributed by atoms with Crippen LogP contribution in [-0.2, 0) is 4.74 Å². The van der Waals surface area contributed by atoms with Crippen molar-refractivity contribution < 1.29 is 13.9 Å². The average molecular weight is 250 g/mol. The van der Waals surface area contributed by atoms with E-state index in [0.717, 1.165) is 19.4 Å². The molecule has 2 saturated heterocycles. The third kappa shape index (κ3) is 1.66. The Morgan fingerprint density at radius 1 is 1.39 bits per heavy atom. The molecule has 1 amide bonds. The van der Waals surface area contributed by atoms with Crippen molar-refractivity contribution in [3.63, 3.8) is 0 Å². The van der Waals surface area contributed by atoms with Crippen LogP contribution in [0.1, 0.15) is 12.8 Å². The number of halogens is 1. The van der Waals surface area contributed by atoms with Crippen molar-refractivity contribution in [2.24, 2.45) is 0 Å². The first kappa shape index (κ1) is 11.5. The fourth-order valence-electron chi connectivity index (χ4n) is 2.77. The van der Waals surface area contributed by atoms with E-state index in [1.807, 2.05) is 0 Å². The van der Waals surface area contributed by atoms with Gasteiger partial charge in [-0.25, -0.2) is 9.18 Å². The van der Waals surface area contributed by atoms with Crippen molar-refractivity contribution in [2.75, 3.05) is 24.6 Å². The number of carbonyl (C=O) groups is 1. The highest BCUT2D eigenvalue weighted by atomic mass is 19.1. The van der Waals surface area contributed by atoms with Crippen LogP contribution in [0.3, 0.4) is 0 Å². The van der Waals surface area contributed by atoms with E-state index >= 15 is 0 Å². The van der Waals surface area contributed by atoms with Crippen LogP contribution in [0.4, 0.5) is 14.9 Å². The van der Waals surface area contributed by atoms with E-state index in [2.05, 4.69) is 5.32 Å². The lowest BCUT2D eigenvalue weighted by atomic mass is 9.89. The summed E-state index contributed by atoms with van der Waals surface area (Å²) in [5.74, 6) is -0.388. The highest BCUT2D eigenvalue weighted by molar-refractivity contribution is 5.91. The number of carbonyl (C=O) groups excluding carboxylic acids is 1. The molecule has 1 aromatic carbocycles. The Morgan fingerprint density at radius 3 is 2.94 bits per heavy atom. The summed E-state index contributed by atoms with van der Waals surface area (Å²) >= 11 is 0. The van der Waals surface area contributed by atoms with E-state index in [4.69, 9.17) is 4.74 Å². The molecule has 2 fully saturated rings. The van der Waals surface area contributed by atoms with Gasteiger partial charge in [-0.15, -0.1) is 0 Å². The number of benzene rings is 1. The van der Waals surface area contributed by atoms with Gasteiger partial charge in [0.2, 0.25) is 0 Å².